The number of amides is 1. The van der Waals surface area contributed by atoms with Crippen LogP contribution in [0.4, 0.5) is 5.69 Å². The molecule has 2 aromatic carbocycles. The van der Waals surface area contributed by atoms with Gasteiger partial charge in [-0.05, 0) is 19.1 Å². The molecule has 0 radical (unpaired) electrons. The zero-order valence-corrected chi connectivity index (χ0v) is 17.3. The summed E-state index contributed by atoms with van der Waals surface area (Å²) in [4.78, 5) is 21.0. The number of hydrogen-bond donors (Lipinski definition) is 0. The third-order valence-electron chi connectivity index (χ3n) is 5.26. The van der Waals surface area contributed by atoms with Crippen molar-refractivity contribution in [2.45, 2.75) is 25.9 Å². The van der Waals surface area contributed by atoms with Crippen molar-refractivity contribution in [1.29, 1.82) is 0 Å². The van der Waals surface area contributed by atoms with E-state index in [0.717, 1.165) is 30.1 Å². The minimum atomic E-state index is -0.0677. The lowest BCUT2D eigenvalue weighted by atomic mass is 10.1. The first-order valence-corrected chi connectivity index (χ1v) is 10.3. The molecule has 4 rings (SSSR count). The minimum Gasteiger partial charge on any atom is -0.485 e. The monoisotopic (exact) mass is 406 g/mol. The van der Waals surface area contributed by atoms with Crippen molar-refractivity contribution < 1.29 is 14.1 Å². The van der Waals surface area contributed by atoms with Gasteiger partial charge in [0, 0.05) is 32.0 Å². The summed E-state index contributed by atoms with van der Waals surface area (Å²) in [6.07, 6.45) is 0.661. The van der Waals surface area contributed by atoms with Crippen LogP contribution in [0.5, 0.6) is 5.75 Å². The molecule has 7 nitrogen and oxygen atoms in total. The Balaban J connectivity index is 1.31. The summed E-state index contributed by atoms with van der Waals surface area (Å²) in [6, 6.07) is 17.7. The summed E-state index contributed by atoms with van der Waals surface area (Å²) in [7, 11) is 1.81. The molecule has 0 aliphatic carbocycles. The van der Waals surface area contributed by atoms with E-state index >= 15 is 0 Å². The van der Waals surface area contributed by atoms with E-state index < -0.39 is 0 Å². The topological polar surface area (TPSA) is 71.7 Å². The maximum atomic E-state index is 12.6. The Kier molecular flexibility index (Phi) is 5.97. The van der Waals surface area contributed by atoms with Gasteiger partial charge in [0.25, 0.3) is 0 Å². The molecular formula is C23H26N4O3. The van der Waals surface area contributed by atoms with Gasteiger partial charge in [-0.2, -0.15) is 4.98 Å². The highest BCUT2D eigenvalue weighted by Crippen LogP contribution is 2.32. The maximum Gasteiger partial charge on any atom is 0.227 e. The van der Waals surface area contributed by atoms with E-state index in [2.05, 4.69) is 28.0 Å². The van der Waals surface area contributed by atoms with Gasteiger partial charge in [-0.1, -0.05) is 47.6 Å². The predicted molar refractivity (Wildman–Crippen MR) is 114 cm³/mol. The highest BCUT2D eigenvalue weighted by atomic mass is 16.5. The summed E-state index contributed by atoms with van der Waals surface area (Å²) in [6.45, 7) is 4.32. The Morgan fingerprint density at radius 2 is 1.93 bits per heavy atom. The van der Waals surface area contributed by atoms with E-state index in [1.165, 1.54) is 0 Å². The Hall–Kier alpha value is -3.35. The van der Waals surface area contributed by atoms with Gasteiger partial charge < -0.3 is 19.1 Å². The normalized spacial score (nSPS) is 15.4. The molecule has 0 unspecified atom stereocenters. The molecule has 1 aliphatic heterocycles. The molecule has 0 saturated heterocycles. The van der Waals surface area contributed by atoms with Crippen molar-refractivity contribution in [3.05, 3.63) is 60.5 Å². The molecule has 1 aromatic heterocycles. The molecule has 0 spiro atoms. The van der Waals surface area contributed by atoms with Crippen molar-refractivity contribution in [2.75, 3.05) is 31.6 Å². The number of aryl methyl sites for hydroxylation is 1. The lowest BCUT2D eigenvalue weighted by Gasteiger charge is -2.37. The van der Waals surface area contributed by atoms with Gasteiger partial charge >= 0.3 is 0 Å². The largest absolute Gasteiger partial charge is 0.485 e. The molecule has 0 N–H and O–H groups in total. The smallest absolute Gasteiger partial charge is 0.227 e. The Morgan fingerprint density at radius 1 is 1.17 bits per heavy atom. The number of carbonyl (C=O) groups is 1. The zero-order chi connectivity index (χ0) is 20.9. The summed E-state index contributed by atoms with van der Waals surface area (Å²) in [5.74, 6) is 1.91. The quantitative estimate of drug-likeness (QED) is 0.599. The van der Waals surface area contributed by atoms with Crippen molar-refractivity contribution in [2.24, 2.45) is 0 Å². The van der Waals surface area contributed by atoms with Gasteiger partial charge in [-0.3, -0.25) is 4.79 Å². The number of anilines is 1. The van der Waals surface area contributed by atoms with Crippen LogP contribution >= 0.6 is 0 Å². The zero-order valence-electron chi connectivity index (χ0n) is 17.3. The van der Waals surface area contributed by atoms with Crippen LogP contribution in [-0.4, -0.2) is 53.7 Å². The van der Waals surface area contributed by atoms with Crippen molar-refractivity contribution in [3.63, 3.8) is 0 Å². The van der Waals surface area contributed by atoms with Crippen LogP contribution in [0, 0.1) is 0 Å². The molecule has 3 aromatic rings. The SMILES string of the molecule is CCN1C[C@@H](CN(C)C(=O)CCc2nc(-c3ccccc3)no2)Oc2ccccc21. The molecule has 30 heavy (non-hydrogen) atoms. The van der Waals surface area contributed by atoms with Crippen LogP contribution in [0.15, 0.2) is 59.1 Å². The lowest BCUT2D eigenvalue weighted by molar-refractivity contribution is -0.131. The molecule has 0 saturated carbocycles. The van der Waals surface area contributed by atoms with E-state index in [0.29, 0.717) is 31.1 Å². The second kappa shape index (κ2) is 8.98. The van der Waals surface area contributed by atoms with Crippen LogP contribution in [0.1, 0.15) is 19.2 Å². The fourth-order valence-electron chi connectivity index (χ4n) is 3.65. The minimum absolute atomic E-state index is 0.0277. The highest BCUT2D eigenvalue weighted by Gasteiger charge is 2.26. The highest BCUT2D eigenvalue weighted by molar-refractivity contribution is 5.76. The average molecular weight is 406 g/mol. The number of carbonyl (C=O) groups excluding carboxylic acids is 1. The number of para-hydroxylation sites is 2. The summed E-state index contributed by atoms with van der Waals surface area (Å²) >= 11 is 0. The molecule has 0 bridgehead atoms. The second-order valence-electron chi connectivity index (χ2n) is 7.40. The molecule has 1 atom stereocenters. The summed E-state index contributed by atoms with van der Waals surface area (Å²) in [5.41, 5.74) is 2.00. The lowest BCUT2D eigenvalue weighted by Crippen LogP contribution is -2.46. The molecule has 7 heteroatoms. The first kappa shape index (κ1) is 19.9. The van der Waals surface area contributed by atoms with Gasteiger partial charge in [-0.25, -0.2) is 0 Å². The summed E-state index contributed by atoms with van der Waals surface area (Å²) < 4.78 is 11.4. The molecular weight excluding hydrogens is 380 g/mol. The number of hydrogen-bond acceptors (Lipinski definition) is 6. The van der Waals surface area contributed by atoms with E-state index in [1.807, 2.05) is 55.6 Å². The van der Waals surface area contributed by atoms with E-state index in [9.17, 15) is 4.79 Å². The number of benzene rings is 2. The fourth-order valence-corrected chi connectivity index (χ4v) is 3.65. The average Bonchev–Trinajstić information content (AvgIpc) is 3.26. The van der Waals surface area contributed by atoms with E-state index in [4.69, 9.17) is 9.26 Å². The van der Waals surface area contributed by atoms with Gasteiger partial charge in [0.1, 0.15) is 11.9 Å². The van der Waals surface area contributed by atoms with Gasteiger partial charge in [0.15, 0.2) is 0 Å². The van der Waals surface area contributed by atoms with E-state index in [1.54, 1.807) is 4.90 Å². The number of rotatable bonds is 7. The van der Waals surface area contributed by atoms with Gasteiger partial charge in [0.2, 0.25) is 17.6 Å². The Morgan fingerprint density at radius 3 is 2.73 bits per heavy atom. The molecule has 0 fully saturated rings. The van der Waals surface area contributed by atoms with Gasteiger partial charge in [0.05, 0.1) is 18.8 Å². The third-order valence-corrected chi connectivity index (χ3v) is 5.26. The number of aromatic nitrogens is 2. The van der Waals surface area contributed by atoms with E-state index in [-0.39, 0.29) is 12.0 Å². The Bertz CT molecular complexity index is 989. The van der Waals surface area contributed by atoms with Gasteiger partial charge in [-0.15, -0.1) is 0 Å². The second-order valence-corrected chi connectivity index (χ2v) is 7.40. The van der Waals surface area contributed by atoms with Crippen molar-refractivity contribution in [3.8, 4) is 17.1 Å². The van der Waals surface area contributed by atoms with Crippen LogP contribution < -0.4 is 9.64 Å². The number of ether oxygens (including phenoxy) is 1. The fraction of sp³-hybridized carbons (Fsp3) is 0.348. The molecule has 156 valence electrons. The molecule has 1 aliphatic rings. The molecule has 2 heterocycles. The summed E-state index contributed by atoms with van der Waals surface area (Å²) in [5, 5.41) is 4.01. The number of likely N-dealkylation sites (N-methyl/N-ethyl adjacent to an activating group) is 2. The molecule has 1 amide bonds. The number of fused-ring (bicyclic) bond motifs is 1. The first-order valence-electron chi connectivity index (χ1n) is 10.3. The Labute approximate surface area is 176 Å². The van der Waals surface area contributed by atoms with Crippen molar-refractivity contribution in [1.82, 2.24) is 15.0 Å². The van der Waals surface area contributed by atoms with Crippen LogP contribution in [0.2, 0.25) is 0 Å². The third kappa shape index (κ3) is 4.45. The predicted octanol–water partition coefficient (Wildman–Crippen LogP) is 3.42. The van der Waals surface area contributed by atoms with Crippen LogP contribution in [-0.2, 0) is 11.2 Å². The van der Waals surface area contributed by atoms with Crippen molar-refractivity contribution >= 4 is 11.6 Å². The first-order chi connectivity index (χ1) is 14.6. The number of nitrogens with zero attached hydrogens (tertiary/aromatic N) is 4. The van der Waals surface area contributed by atoms with Crippen LogP contribution in [0.25, 0.3) is 11.4 Å². The maximum absolute atomic E-state index is 12.6. The van der Waals surface area contributed by atoms with Crippen LogP contribution in [0.3, 0.4) is 0 Å². The standard InChI is InChI=1S/C23H26N4O3/c1-3-27-16-18(29-20-12-8-7-11-19(20)27)15-26(2)22(28)14-13-21-24-23(25-30-21)17-9-5-4-6-10-17/h4-12,18H,3,13-16H2,1-2H3/t18-/m1/s1.